The quantitative estimate of drug-likeness (QED) is 0.498. The molecule has 0 N–H and O–H groups in total. The number of hydrogen-bond acceptors (Lipinski definition) is 3. The van der Waals surface area contributed by atoms with Crippen molar-refractivity contribution in [3.8, 4) is 0 Å². The predicted octanol–water partition coefficient (Wildman–Crippen LogP) is 2.85. The van der Waals surface area contributed by atoms with Crippen LogP contribution in [-0.2, 0) is 13.6 Å². The van der Waals surface area contributed by atoms with E-state index in [4.69, 9.17) is 0 Å². The molecule has 0 fully saturated rings. The third kappa shape index (κ3) is 2.92. The molecule has 0 aromatic heterocycles. The van der Waals surface area contributed by atoms with Gasteiger partial charge < -0.3 is 9.05 Å². The minimum atomic E-state index is -3.73. The Kier molecular flexibility index (Phi) is 5.11. The Balaban J connectivity index is 4.62. The lowest BCUT2D eigenvalue weighted by Gasteiger charge is -2.12. The molecule has 70 valence electrons. The van der Waals surface area contributed by atoms with Crippen molar-refractivity contribution < 1.29 is 18.0 Å². The van der Waals surface area contributed by atoms with Gasteiger partial charge in [-0.2, -0.15) is 4.39 Å². The van der Waals surface area contributed by atoms with Crippen LogP contribution in [0.5, 0.6) is 0 Å². The molecular weight excluding hydrogens is 182 g/mol. The second kappa shape index (κ2) is 5.28. The molecule has 0 amide bonds. The highest BCUT2D eigenvalue weighted by Gasteiger charge is 2.29. The first kappa shape index (κ1) is 11.6. The van der Waals surface area contributed by atoms with Gasteiger partial charge in [0.15, 0.2) is 0 Å². The fraction of sp³-hybridized carbons (Fsp3) is 0.571. The van der Waals surface area contributed by atoms with E-state index in [1.807, 2.05) is 5.73 Å². The van der Waals surface area contributed by atoms with E-state index < -0.39 is 13.2 Å². The van der Waals surface area contributed by atoms with Crippen LogP contribution in [0.1, 0.15) is 13.8 Å². The topological polar surface area (TPSA) is 35.5 Å². The second-order valence-corrected chi connectivity index (χ2v) is 3.70. The molecule has 0 saturated carbocycles. The fourth-order valence-corrected chi connectivity index (χ4v) is 1.76. The minimum Gasteiger partial charge on any atom is -0.303 e. The first-order valence-electron chi connectivity index (χ1n) is 3.56. The summed E-state index contributed by atoms with van der Waals surface area (Å²) in [6, 6.07) is 0. The van der Waals surface area contributed by atoms with E-state index in [1.165, 1.54) is 0 Å². The molecule has 0 heterocycles. The molecule has 0 aliphatic heterocycles. The Morgan fingerprint density at radius 1 is 1.50 bits per heavy atom. The predicted molar refractivity (Wildman–Crippen MR) is 44.6 cm³/mol. The van der Waals surface area contributed by atoms with Crippen LogP contribution in [0.15, 0.2) is 17.9 Å². The normalized spacial score (nSPS) is 10.9. The molecule has 5 heteroatoms. The first-order chi connectivity index (χ1) is 5.60. The van der Waals surface area contributed by atoms with Gasteiger partial charge in [0.2, 0.25) is 0 Å². The maximum absolute atomic E-state index is 12.8. The van der Waals surface area contributed by atoms with E-state index in [1.54, 1.807) is 13.8 Å². The highest BCUT2D eigenvalue weighted by atomic mass is 31.2. The lowest BCUT2D eigenvalue weighted by Crippen LogP contribution is -1.95. The molecule has 0 unspecified atom stereocenters. The Morgan fingerprint density at radius 2 is 1.92 bits per heavy atom. The summed E-state index contributed by atoms with van der Waals surface area (Å²) >= 11 is 0. The van der Waals surface area contributed by atoms with Gasteiger partial charge in [0, 0.05) is 0 Å². The molecule has 0 rings (SSSR count). The lowest BCUT2D eigenvalue weighted by atomic mass is 10.9. The highest BCUT2D eigenvalue weighted by molar-refractivity contribution is 7.58. The van der Waals surface area contributed by atoms with Crippen molar-refractivity contribution in [3.63, 3.8) is 0 Å². The molecule has 0 bridgehead atoms. The van der Waals surface area contributed by atoms with Gasteiger partial charge in [-0.05, 0) is 13.8 Å². The molecule has 0 radical (unpaired) electrons. The van der Waals surface area contributed by atoms with Crippen LogP contribution in [0.25, 0.3) is 0 Å². The van der Waals surface area contributed by atoms with Gasteiger partial charge in [0.05, 0.1) is 13.2 Å². The van der Waals surface area contributed by atoms with Crippen LogP contribution in [0.2, 0.25) is 0 Å². The summed E-state index contributed by atoms with van der Waals surface area (Å²) in [5.41, 5.74) is 0.798. The van der Waals surface area contributed by atoms with E-state index in [9.17, 15) is 8.96 Å². The van der Waals surface area contributed by atoms with Gasteiger partial charge >= 0.3 is 7.60 Å². The van der Waals surface area contributed by atoms with Gasteiger partial charge in [-0.15, -0.1) is 0 Å². The Hall–Kier alpha value is -0.400. The van der Waals surface area contributed by atoms with E-state index in [-0.39, 0.29) is 13.2 Å². The Bertz CT molecular complexity index is 223. The first-order valence-corrected chi connectivity index (χ1v) is 5.10. The summed E-state index contributed by atoms with van der Waals surface area (Å²) in [5.74, 6) is 0. The summed E-state index contributed by atoms with van der Waals surface area (Å²) in [4.78, 5) is 0. The SMILES string of the molecule is C=C=C(F)P(=O)(OCC)OCC. The zero-order valence-corrected chi connectivity index (χ0v) is 8.07. The fourth-order valence-electron chi connectivity index (χ4n) is 0.587. The zero-order valence-electron chi connectivity index (χ0n) is 7.17. The minimum absolute atomic E-state index is 0.117. The van der Waals surface area contributed by atoms with Gasteiger partial charge in [0.25, 0.3) is 5.57 Å². The van der Waals surface area contributed by atoms with Gasteiger partial charge in [-0.25, -0.2) is 0 Å². The molecule has 0 atom stereocenters. The van der Waals surface area contributed by atoms with Crippen molar-refractivity contribution in [3.05, 3.63) is 17.9 Å². The Morgan fingerprint density at radius 3 is 2.17 bits per heavy atom. The molecule has 0 aromatic rings. The maximum Gasteiger partial charge on any atom is 0.397 e. The highest BCUT2D eigenvalue weighted by Crippen LogP contribution is 2.55. The van der Waals surface area contributed by atoms with E-state index >= 15 is 0 Å². The Labute approximate surface area is 71.4 Å². The van der Waals surface area contributed by atoms with Crippen LogP contribution >= 0.6 is 7.60 Å². The van der Waals surface area contributed by atoms with Crippen molar-refractivity contribution in [1.82, 2.24) is 0 Å². The van der Waals surface area contributed by atoms with Crippen molar-refractivity contribution >= 4 is 7.60 Å². The third-order valence-electron chi connectivity index (χ3n) is 0.984. The van der Waals surface area contributed by atoms with E-state index in [2.05, 4.69) is 15.6 Å². The average Bonchev–Trinajstić information content (AvgIpc) is 2.04. The number of rotatable bonds is 5. The molecule has 0 saturated heterocycles. The van der Waals surface area contributed by atoms with Gasteiger partial charge in [0.1, 0.15) is 0 Å². The zero-order chi connectivity index (χ0) is 9.61. The molecule has 0 aliphatic carbocycles. The average molecular weight is 194 g/mol. The van der Waals surface area contributed by atoms with Crippen molar-refractivity contribution in [1.29, 1.82) is 0 Å². The summed E-state index contributed by atoms with van der Waals surface area (Å²) < 4.78 is 33.5. The van der Waals surface area contributed by atoms with Crippen LogP contribution in [0, 0.1) is 0 Å². The van der Waals surface area contributed by atoms with E-state index in [0.29, 0.717) is 0 Å². The molecule has 0 aromatic carbocycles. The van der Waals surface area contributed by atoms with Crippen LogP contribution in [-0.4, -0.2) is 13.2 Å². The largest absolute Gasteiger partial charge is 0.397 e. The lowest BCUT2D eigenvalue weighted by molar-refractivity contribution is 0.220. The van der Waals surface area contributed by atoms with Gasteiger partial charge in [-0.3, -0.25) is 4.57 Å². The van der Waals surface area contributed by atoms with Gasteiger partial charge in [-0.1, -0.05) is 12.3 Å². The summed E-state index contributed by atoms with van der Waals surface area (Å²) in [5, 5.41) is 0. The summed E-state index contributed by atoms with van der Waals surface area (Å²) in [7, 11) is -3.73. The monoisotopic (exact) mass is 194 g/mol. The molecule has 12 heavy (non-hydrogen) atoms. The van der Waals surface area contributed by atoms with Crippen LogP contribution in [0.3, 0.4) is 0 Å². The van der Waals surface area contributed by atoms with Crippen LogP contribution < -0.4 is 0 Å². The van der Waals surface area contributed by atoms with Crippen molar-refractivity contribution in [2.45, 2.75) is 13.8 Å². The van der Waals surface area contributed by atoms with Crippen LogP contribution in [0.4, 0.5) is 4.39 Å². The number of hydrogen-bond donors (Lipinski definition) is 0. The molecule has 0 aliphatic rings. The number of halogens is 1. The molecular formula is C7H12FO3P. The summed E-state index contributed by atoms with van der Waals surface area (Å²) in [6.45, 7) is 6.46. The van der Waals surface area contributed by atoms with E-state index in [0.717, 1.165) is 0 Å². The second-order valence-electron chi connectivity index (χ2n) is 1.80. The summed E-state index contributed by atoms with van der Waals surface area (Å²) in [6.07, 6.45) is 0. The smallest absolute Gasteiger partial charge is 0.303 e. The maximum atomic E-state index is 12.8. The standard InChI is InChI=1S/C7H12FO3P/c1-4-7(8)12(9,10-5-2)11-6-3/h1,5-6H2,2-3H3. The third-order valence-corrected chi connectivity index (χ3v) is 2.82. The van der Waals surface area contributed by atoms with Crippen molar-refractivity contribution in [2.24, 2.45) is 0 Å². The molecule has 0 spiro atoms. The molecule has 3 nitrogen and oxygen atoms in total. The van der Waals surface area contributed by atoms with Crippen molar-refractivity contribution in [2.75, 3.05) is 13.2 Å².